The van der Waals surface area contributed by atoms with Gasteiger partial charge >= 0.3 is 5.97 Å². The van der Waals surface area contributed by atoms with Crippen LogP contribution in [-0.4, -0.2) is 17.8 Å². The van der Waals surface area contributed by atoms with Crippen molar-refractivity contribution in [3.63, 3.8) is 0 Å². The maximum absolute atomic E-state index is 12.5. The average Bonchev–Trinajstić information content (AvgIpc) is 1.98. The van der Waals surface area contributed by atoms with E-state index in [4.69, 9.17) is 5.11 Å². The Morgan fingerprint density at radius 3 is 2.33 bits per heavy atom. The molecule has 0 aromatic heterocycles. The lowest BCUT2D eigenvalue weighted by atomic mass is 10.1. The molecule has 0 saturated carbocycles. The van der Waals surface area contributed by atoms with Crippen molar-refractivity contribution in [3.8, 4) is 0 Å². The number of rotatable bonds is 3. The van der Waals surface area contributed by atoms with Crippen LogP contribution >= 0.6 is 0 Å². The molecule has 0 radical (unpaired) electrons. The molecule has 66 valence electrons. The van der Waals surface area contributed by atoms with Crippen LogP contribution in [0, 0.1) is 0 Å². The van der Waals surface area contributed by atoms with Crippen molar-refractivity contribution < 1.29 is 14.3 Å². The van der Waals surface area contributed by atoms with Crippen LogP contribution < -0.4 is 0 Å². The highest BCUT2D eigenvalue weighted by molar-refractivity contribution is 5.91. The molecule has 0 rings (SSSR count). The standard InChI is InChI=1S/C8H10FNO2/c1-5(6(2)9)7(4-10-3)8(11)12/h4H,3H2,1-2H3,(H,11,12)/b6-5+,7-4+. The summed E-state index contributed by atoms with van der Waals surface area (Å²) in [5.74, 6) is -1.75. The van der Waals surface area contributed by atoms with Gasteiger partial charge in [-0.05, 0) is 26.1 Å². The van der Waals surface area contributed by atoms with Gasteiger partial charge in [-0.3, -0.25) is 4.99 Å². The molecule has 3 nitrogen and oxygen atoms in total. The number of hydrogen-bond donors (Lipinski definition) is 1. The second-order valence-electron chi connectivity index (χ2n) is 2.19. The third kappa shape index (κ3) is 2.65. The highest BCUT2D eigenvalue weighted by atomic mass is 19.1. The summed E-state index contributed by atoms with van der Waals surface area (Å²) < 4.78 is 12.5. The van der Waals surface area contributed by atoms with Crippen molar-refractivity contribution in [2.24, 2.45) is 4.99 Å². The van der Waals surface area contributed by atoms with Gasteiger partial charge in [0.2, 0.25) is 0 Å². The summed E-state index contributed by atoms with van der Waals surface area (Å²) in [4.78, 5) is 13.7. The zero-order valence-electron chi connectivity index (χ0n) is 6.97. The summed E-state index contributed by atoms with van der Waals surface area (Å²) in [6.45, 7) is 5.65. The van der Waals surface area contributed by atoms with E-state index < -0.39 is 11.8 Å². The van der Waals surface area contributed by atoms with Gasteiger partial charge in [-0.25, -0.2) is 9.18 Å². The number of carbonyl (C=O) groups is 1. The third-order valence-corrected chi connectivity index (χ3v) is 1.37. The summed E-state index contributed by atoms with van der Waals surface area (Å²) >= 11 is 0. The van der Waals surface area contributed by atoms with E-state index in [9.17, 15) is 9.18 Å². The molecule has 0 bridgehead atoms. The highest BCUT2D eigenvalue weighted by Gasteiger charge is 2.11. The Bertz CT molecular complexity index is 262. The molecule has 0 heterocycles. The number of nitrogens with zero attached hydrogens (tertiary/aromatic N) is 1. The third-order valence-electron chi connectivity index (χ3n) is 1.37. The SMILES string of the molecule is C=N/C=C(C(=O)O)\C(C)=C(/C)F. The Labute approximate surface area is 69.9 Å². The molecule has 0 spiro atoms. The normalized spacial score (nSPS) is 13.8. The molecule has 0 unspecified atom stereocenters. The number of hydrogen-bond acceptors (Lipinski definition) is 2. The van der Waals surface area contributed by atoms with Gasteiger partial charge < -0.3 is 5.11 Å². The fourth-order valence-corrected chi connectivity index (χ4v) is 0.589. The molecule has 0 fully saturated rings. The Morgan fingerprint density at radius 1 is 1.58 bits per heavy atom. The van der Waals surface area contributed by atoms with Crippen LogP contribution in [0.15, 0.2) is 28.2 Å². The summed E-state index contributed by atoms with van der Waals surface area (Å²) in [5, 5.41) is 8.57. The van der Waals surface area contributed by atoms with Crippen molar-refractivity contribution in [3.05, 3.63) is 23.2 Å². The van der Waals surface area contributed by atoms with E-state index in [1.54, 1.807) is 0 Å². The number of allylic oxidation sites excluding steroid dienone is 1. The topological polar surface area (TPSA) is 49.7 Å². The molecule has 0 aromatic carbocycles. The monoisotopic (exact) mass is 171 g/mol. The van der Waals surface area contributed by atoms with Gasteiger partial charge in [0.05, 0.1) is 5.57 Å². The number of aliphatic carboxylic acids is 1. The number of halogens is 1. The predicted octanol–water partition coefficient (Wildman–Crippen LogP) is 1.92. The van der Waals surface area contributed by atoms with Crippen molar-refractivity contribution in [2.75, 3.05) is 0 Å². The fourth-order valence-electron chi connectivity index (χ4n) is 0.589. The second kappa shape index (κ2) is 4.43. The van der Waals surface area contributed by atoms with Crippen LogP contribution in [-0.2, 0) is 4.79 Å². The van der Waals surface area contributed by atoms with Crippen molar-refractivity contribution in [2.45, 2.75) is 13.8 Å². The maximum atomic E-state index is 12.5. The van der Waals surface area contributed by atoms with Gasteiger partial charge in [0.25, 0.3) is 0 Å². The summed E-state index contributed by atoms with van der Waals surface area (Å²) in [6.07, 6.45) is 1.01. The van der Waals surface area contributed by atoms with E-state index in [0.717, 1.165) is 6.20 Å². The molecular formula is C8H10FNO2. The quantitative estimate of drug-likeness (QED) is 0.400. The molecule has 0 aromatic rings. The molecule has 0 amide bonds. The first-order valence-corrected chi connectivity index (χ1v) is 3.23. The summed E-state index contributed by atoms with van der Waals surface area (Å²) in [5.41, 5.74) is -0.111. The van der Waals surface area contributed by atoms with E-state index >= 15 is 0 Å². The molecule has 12 heavy (non-hydrogen) atoms. The molecule has 0 aliphatic rings. The zero-order valence-corrected chi connectivity index (χ0v) is 6.97. The van der Waals surface area contributed by atoms with Crippen LogP contribution in [0.3, 0.4) is 0 Å². The lowest BCUT2D eigenvalue weighted by Crippen LogP contribution is -2.02. The Kier molecular flexibility index (Phi) is 3.90. The first-order valence-electron chi connectivity index (χ1n) is 3.23. The minimum Gasteiger partial charge on any atom is -0.478 e. The Morgan fingerprint density at radius 2 is 2.08 bits per heavy atom. The molecule has 0 aliphatic heterocycles. The Balaban J connectivity index is 5.03. The summed E-state index contributed by atoms with van der Waals surface area (Å²) in [7, 11) is 0. The van der Waals surface area contributed by atoms with E-state index in [-0.39, 0.29) is 11.1 Å². The van der Waals surface area contributed by atoms with Gasteiger partial charge in [-0.15, -0.1) is 0 Å². The van der Waals surface area contributed by atoms with Crippen molar-refractivity contribution >= 4 is 12.7 Å². The molecule has 1 N–H and O–H groups in total. The number of aliphatic imine (C=N–C) groups is 1. The average molecular weight is 171 g/mol. The predicted molar refractivity (Wildman–Crippen MR) is 44.7 cm³/mol. The van der Waals surface area contributed by atoms with Crippen molar-refractivity contribution in [1.29, 1.82) is 0 Å². The smallest absolute Gasteiger partial charge is 0.337 e. The number of carboxylic acids is 1. The zero-order chi connectivity index (χ0) is 9.72. The minimum absolute atomic E-state index is 0.0647. The first-order chi connectivity index (χ1) is 5.50. The first kappa shape index (κ1) is 10.6. The van der Waals surface area contributed by atoms with Gasteiger partial charge in [-0.1, -0.05) is 0 Å². The Hall–Kier alpha value is -1.45. The molecule has 4 heteroatoms. The van der Waals surface area contributed by atoms with E-state index in [0.29, 0.717) is 0 Å². The lowest BCUT2D eigenvalue weighted by molar-refractivity contribution is -0.132. The maximum Gasteiger partial charge on any atom is 0.337 e. The van der Waals surface area contributed by atoms with Crippen molar-refractivity contribution in [1.82, 2.24) is 0 Å². The van der Waals surface area contributed by atoms with Gasteiger partial charge in [0, 0.05) is 6.20 Å². The van der Waals surface area contributed by atoms with E-state index in [1.165, 1.54) is 13.8 Å². The van der Waals surface area contributed by atoms with Gasteiger partial charge in [0.1, 0.15) is 5.83 Å². The molecule has 0 atom stereocenters. The second-order valence-corrected chi connectivity index (χ2v) is 2.19. The largest absolute Gasteiger partial charge is 0.478 e. The van der Waals surface area contributed by atoms with Crippen LogP contribution in [0.5, 0.6) is 0 Å². The van der Waals surface area contributed by atoms with Crippen LogP contribution in [0.4, 0.5) is 4.39 Å². The summed E-state index contributed by atoms with van der Waals surface area (Å²) in [6, 6.07) is 0. The van der Waals surface area contributed by atoms with Gasteiger partial charge in [-0.2, -0.15) is 0 Å². The van der Waals surface area contributed by atoms with Crippen LogP contribution in [0.2, 0.25) is 0 Å². The fraction of sp³-hybridized carbons (Fsp3) is 0.250. The van der Waals surface area contributed by atoms with Crippen LogP contribution in [0.25, 0.3) is 0 Å². The lowest BCUT2D eigenvalue weighted by Gasteiger charge is -2.00. The molecule has 0 saturated heterocycles. The molecule has 0 aliphatic carbocycles. The van der Waals surface area contributed by atoms with E-state index in [2.05, 4.69) is 11.7 Å². The number of carboxylic acid groups (broad SMARTS) is 1. The van der Waals surface area contributed by atoms with Gasteiger partial charge in [0.15, 0.2) is 0 Å². The highest BCUT2D eigenvalue weighted by Crippen LogP contribution is 2.15. The van der Waals surface area contributed by atoms with E-state index in [1.807, 2.05) is 0 Å². The minimum atomic E-state index is -1.21. The molecular weight excluding hydrogens is 161 g/mol. The van der Waals surface area contributed by atoms with Crippen LogP contribution in [0.1, 0.15) is 13.8 Å².